The van der Waals surface area contributed by atoms with Crippen molar-refractivity contribution in [3.63, 3.8) is 0 Å². The minimum absolute atomic E-state index is 0.301. The van der Waals surface area contributed by atoms with E-state index >= 15 is 0 Å². The van der Waals surface area contributed by atoms with Crippen LogP contribution in [0.2, 0.25) is 0 Å². The molecule has 1 aliphatic heterocycles. The van der Waals surface area contributed by atoms with Gasteiger partial charge in [-0.05, 0) is 43.7 Å². The van der Waals surface area contributed by atoms with Crippen LogP contribution in [0.1, 0.15) is 25.8 Å². The van der Waals surface area contributed by atoms with Gasteiger partial charge in [-0.2, -0.15) is 0 Å². The zero-order chi connectivity index (χ0) is 15.3. The Morgan fingerprint density at radius 2 is 1.86 bits per heavy atom. The van der Waals surface area contributed by atoms with Crippen LogP contribution < -0.4 is 4.74 Å². The molecule has 0 spiro atoms. The van der Waals surface area contributed by atoms with Gasteiger partial charge >= 0.3 is 7.60 Å². The number of benzene rings is 1. The molecule has 1 atom stereocenters. The fourth-order valence-electron chi connectivity index (χ4n) is 2.05. The molecule has 1 unspecified atom stereocenters. The Bertz CT molecular complexity index is 533. The second-order valence-electron chi connectivity index (χ2n) is 4.41. The van der Waals surface area contributed by atoms with Gasteiger partial charge in [0.05, 0.1) is 26.0 Å². The molecule has 1 heterocycles. The molecular weight excluding hydrogens is 293 g/mol. The molecule has 116 valence electrons. The number of rotatable bonds is 7. The average molecular weight is 313 g/mol. The van der Waals surface area contributed by atoms with Crippen molar-refractivity contribution in [3.8, 4) is 5.75 Å². The normalized spacial score (nSPS) is 18.2. The lowest BCUT2D eigenvalue weighted by atomic mass is 10.1. The summed E-state index contributed by atoms with van der Waals surface area (Å²) in [5.41, 5.74) is 1.63. The molecule has 2 rings (SSSR count). The van der Waals surface area contributed by atoms with Gasteiger partial charge in [-0.3, -0.25) is 4.57 Å². The van der Waals surface area contributed by atoms with E-state index in [1.807, 2.05) is 24.3 Å². The number of nitrogens with zero attached hydrogens (tertiary/aromatic N) is 1. The Kier molecular flexibility index (Phi) is 5.39. The third kappa shape index (κ3) is 3.64. The summed E-state index contributed by atoms with van der Waals surface area (Å²) in [7, 11) is -1.69. The highest BCUT2D eigenvalue weighted by molar-refractivity contribution is 7.54. The fraction of sp³-hybridized carbons (Fsp3) is 0.500. The number of hydrogen-bond donors (Lipinski definition) is 0. The molecule has 0 fully saturated rings. The van der Waals surface area contributed by atoms with E-state index in [9.17, 15) is 4.57 Å². The molecule has 21 heavy (non-hydrogen) atoms. The van der Waals surface area contributed by atoms with Crippen molar-refractivity contribution in [1.29, 1.82) is 0 Å². The lowest BCUT2D eigenvalue weighted by Gasteiger charge is -2.20. The Balaban J connectivity index is 2.08. The van der Waals surface area contributed by atoms with Crippen molar-refractivity contribution in [2.75, 3.05) is 20.3 Å². The molecule has 1 aromatic carbocycles. The third-order valence-electron chi connectivity index (χ3n) is 3.05. The summed E-state index contributed by atoms with van der Waals surface area (Å²) in [4.78, 5) is 5.29. The van der Waals surface area contributed by atoms with Crippen molar-refractivity contribution in [2.45, 2.75) is 26.1 Å². The molecule has 0 aromatic heterocycles. The first-order valence-electron chi connectivity index (χ1n) is 6.88. The van der Waals surface area contributed by atoms with Crippen LogP contribution in [-0.2, 0) is 18.5 Å². The Hall–Kier alpha value is -1.36. The summed E-state index contributed by atoms with van der Waals surface area (Å²) in [6.07, 6.45) is 0.392. The summed E-state index contributed by atoms with van der Waals surface area (Å²) < 4.78 is 28.3. The van der Waals surface area contributed by atoms with Crippen LogP contribution >= 0.6 is 7.60 Å². The molecule has 0 aliphatic carbocycles. The van der Waals surface area contributed by atoms with Crippen molar-refractivity contribution < 1.29 is 23.2 Å². The summed E-state index contributed by atoms with van der Waals surface area (Å²) >= 11 is 0. The molecule has 0 saturated heterocycles. The van der Waals surface area contributed by atoms with Gasteiger partial charge in [0.15, 0.2) is 0 Å². The fourth-order valence-corrected chi connectivity index (χ4v) is 3.74. The lowest BCUT2D eigenvalue weighted by Crippen LogP contribution is -2.14. The highest BCUT2D eigenvalue weighted by Crippen LogP contribution is 2.56. The van der Waals surface area contributed by atoms with E-state index in [-0.39, 0.29) is 0 Å². The van der Waals surface area contributed by atoms with Gasteiger partial charge in [-0.15, -0.1) is 0 Å². The van der Waals surface area contributed by atoms with E-state index in [1.165, 1.54) is 0 Å². The zero-order valence-electron chi connectivity index (χ0n) is 12.4. The van der Waals surface area contributed by atoms with E-state index in [2.05, 4.69) is 5.16 Å². The van der Waals surface area contributed by atoms with Crippen molar-refractivity contribution in [3.05, 3.63) is 29.8 Å². The maximum absolute atomic E-state index is 12.6. The first-order valence-corrected chi connectivity index (χ1v) is 8.50. The van der Waals surface area contributed by atoms with Crippen molar-refractivity contribution in [1.82, 2.24) is 0 Å². The van der Waals surface area contributed by atoms with Crippen LogP contribution in [0.3, 0.4) is 0 Å². The quantitative estimate of drug-likeness (QED) is 0.722. The number of oxime groups is 1. The van der Waals surface area contributed by atoms with E-state index in [1.54, 1.807) is 21.0 Å². The van der Waals surface area contributed by atoms with E-state index < -0.39 is 13.4 Å². The summed E-state index contributed by atoms with van der Waals surface area (Å²) in [5, 5.41) is 4.02. The van der Waals surface area contributed by atoms with Crippen LogP contribution in [-0.4, -0.2) is 31.9 Å². The smallest absolute Gasteiger partial charge is 0.374 e. The maximum atomic E-state index is 12.6. The maximum Gasteiger partial charge on any atom is 0.374 e. The topological polar surface area (TPSA) is 66.4 Å². The first-order chi connectivity index (χ1) is 10.1. The molecule has 0 saturated carbocycles. The van der Waals surface area contributed by atoms with E-state index in [4.69, 9.17) is 18.6 Å². The van der Waals surface area contributed by atoms with Gasteiger partial charge in [0.2, 0.25) is 5.85 Å². The number of hydrogen-bond acceptors (Lipinski definition) is 6. The molecular formula is C14H20NO5P. The predicted octanol–water partition coefficient (Wildman–Crippen LogP) is 3.41. The average Bonchev–Trinajstić information content (AvgIpc) is 2.98. The summed E-state index contributed by atoms with van der Waals surface area (Å²) in [6, 6.07) is 7.46. The van der Waals surface area contributed by atoms with Gasteiger partial charge in [0, 0.05) is 6.42 Å². The lowest BCUT2D eigenvalue weighted by molar-refractivity contribution is 0.0959. The van der Waals surface area contributed by atoms with E-state index in [0.717, 1.165) is 17.0 Å². The predicted molar refractivity (Wildman–Crippen MR) is 79.9 cm³/mol. The van der Waals surface area contributed by atoms with Crippen LogP contribution in [0.4, 0.5) is 0 Å². The molecule has 0 amide bonds. The standard InChI is InChI=1S/C14H20NO5P/c1-4-18-21(16,19-5-2)14-10-13(15-20-14)11-6-8-12(17-3)9-7-11/h6-9,14H,4-5,10H2,1-3H3. The SMILES string of the molecule is CCOP(=O)(OCC)C1CC(c2ccc(OC)cc2)=NO1. The highest BCUT2D eigenvalue weighted by atomic mass is 31.2. The molecule has 0 radical (unpaired) electrons. The number of ether oxygens (including phenoxy) is 1. The Morgan fingerprint density at radius 3 is 2.38 bits per heavy atom. The zero-order valence-corrected chi connectivity index (χ0v) is 13.3. The highest BCUT2D eigenvalue weighted by Gasteiger charge is 2.42. The Morgan fingerprint density at radius 1 is 1.24 bits per heavy atom. The van der Waals surface area contributed by atoms with Gasteiger partial charge < -0.3 is 18.6 Å². The van der Waals surface area contributed by atoms with Gasteiger partial charge in [0.25, 0.3) is 0 Å². The summed E-state index contributed by atoms with van der Waals surface area (Å²) in [5.74, 6) is 0.0821. The first kappa shape index (κ1) is 16.0. The van der Waals surface area contributed by atoms with Crippen molar-refractivity contribution >= 4 is 13.3 Å². The second kappa shape index (κ2) is 7.07. The molecule has 7 heteroatoms. The number of methoxy groups -OCH3 is 1. The molecule has 6 nitrogen and oxygen atoms in total. The molecule has 0 N–H and O–H groups in total. The van der Waals surface area contributed by atoms with Gasteiger partial charge in [-0.25, -0.2) is 0 Å². The summed E-state index contributed by atoms with van der Waals surface area (Å²) in [6.45, 7) is 4.14. The van der Waals surface area contributed by atoms with Crippen LogP contribution in [0.25, 0.3) is 0 Å². The van der Waals surface area contributed by atoms with E-state index in [0.29, 0.717) is 19.6 Å². The second-order valence-corrected chi connectivity index (χ2v) is 6.58. The molecule has 1 aromatic rings. The van der Waals surface area contributed by atoms with Gasteiger partial charge in [0.1, 0.15) is 5.75 Å². The van der Waals surface area contributed by atoms with Crippen molar-refractivity contribution in [2.24, 2.45) is 5.16 Å². The molecule has 0 bridgehead atoms. The largest absolute Gasteiger partial charge is 0.497 e. The monoisotopic (exact) mass is 313 g/mol. The Labute approximate surface area is 124 Å². The minimum atomic E-state index is -3.30. The third-order valence-corrected chi connectivity index (χ3v) is 5.27. The van der Waals surface area contributed by atoms with Crippen LogP contribution in [0.5, 0.6) is 5.75 Å². The molecule has 1 aliphatic rings. The van der Waals surface area contributed by atoms with Crippen LogP contribution in [0.15, 0.2) is 29.4 Å². The van der Waals surface area contributed by atoms with Gasteiger partial charge in [-0.1, -0.05) is 5.16 Å². The van der Waals surface area contributed by atoms with Crippen LogP contribution in [0, 0.1) is 0 Å². The minimum Gasteiger partial charge on any atom is -0.497 e.